The minimum absolute atomic E-state index is 0.0330. The normalized spacial score (nSPS) is 13.8. The van der Waals surface area contributed by atoms with Gasteiger partial charge in [-0.05, 0) is 36.2 Å². The fraction of sp³-hybridized carbons (Fsp3) is 0.310. The average molecular weight is 513 g/mol. The molecule has 5 rings (SSSR count). The summed E-state index contributed by atoms with van der Waals surface area (Å²) in [6.07, 6.45) is 4.91. The molecule has 38 heavy (non-hydrogen) atoms. The van der Waals surface area contributed by atoms with Gasteiger partial charge in [-0.1, -0.05) is 6.07 Å². The first kappa shape index (κ1) is 25.2. The second-order valence-electron chi connectivity index (χ2n) is 9.37. The molecule has 1 aliphatic rings. The van der Waals surface area contributed by atoms with Crippen molar-refractivity contribution in [1.82, 2.24) is 14.9 Å². The van der Waals surface area contributed by atoms with E-state index in [1.165, 1.54) is 18.2 Å². The Morgan fingerprint density at radius 3 is 2.61 bits per heavy atom. The summed E-state index contributed by atoms with van der Waals surface area (Å²) in [6.45, 7) is 3.27. The summed E-state index contributed by atoms with van der Waals surface area (Å²) in [4.78, 5) is 22.9. The molecule has 0 bridgehead atoms. The number of rotatable bonds is 6. The number of hydrogen-bond donors (Lipinski definition) is 0. The van der Waals surface area contributed by atoms with Crippen LogP contribution in [-0.4, -0.2) is 61.3 Å². The molecule has 0 unspecified atom stereocenters. The van der Waals surface area contributed by atoms with Gasteiger partial charge in [0.2, 0.25) is 0 Å². The summed E-state index contributed by atoms with van der Waals surface area (Å²) < 4.78 is 23.4. The number of carbonyl (C=O) groups is 1. The van der Waals surface area contributed by atoms with Gasteiger partial charge in [0, 0.05) is 51.0 Å². The van der Waals surface area contributed by atoms with E-state index in [1.54, 1.807) is 32.4 Å². The smallest absolute Gasteiger partial charge is 0.255 e. The number of fused-ring (bicyclic) bond motifs is 1. The van der Waals surface area contributed by atoms with E-state index in [2.05, 4.69) is 16.0 Å². The lowest BCUT2D eigenvalue weighted by Gasteiger charge is -2.24. The minimum Gasteiger partial charge on any atom is -0.494 e. The van der Waals surface area contributed by atoms with Crippen LogP contribution in [0.1, 0.15) is 34.3 Å². The van der Waals surface area contributed by atoms with E-state index in [0.717, 1.165) is 29.5 Å². The fourth-order valence-electron chi connectivity index (χ4n) is 4.55. The quantitative estimate of drug-likeness (QED) is 0.355. The van der Waals surface area contributed by atoms with Crippen molar-refractivity contribution in [3.8, 4) is 40.1 Å². The number of nitrogens with zero attached hydrogens (tertiary/aromatic N) is 4. The third-order valence-electron chi connectivity index (χ3n) is 6.54. The summed E-state index contributed by atoms with van der Waals surface area (Å²) in [5, 5.41) is 9.87. The number of furan rings is 1. The molecule has 1 aromatic carbocycles. The van der Waals surface area contributed by atoms with Crippen molar-refractivity contribution in [2.45, 2.75) is 25.9 Å². The third kappa shape index (κ3) is 4.78. The van der Waals surface area contributed by atoms with Crippen molar-refractivity contribution in [2.24, 2.45) is 0 Å². The maximum absolute atomic E-state index is 12.4. The lowest BCUT2D eigenvalue weighted by molar-refractivity contribution is 0.0254. The van der Waals surface area contributed by atoms with Gasteiger partial charge in [-0.25, -0.2) is 4.98 Å². The Kier molecular flexibility index (Phi) is 6.99. The molecule has 0 saturated carbocycles. The van der Waals surface area contributed by atoms with Crippen molar-refractivity contribution < 1.29 is 23.4 Å². The van der Waals surface area contributed by atoms with E-state index in [4.69, 9.17) is 18.6 Å². The molecule has 1 fully saturated rings. The number of amides is 1. The number of pyridine rings is 2. The first-order valence-electron chi connectivity index (χ1n) is 12.3. The zero-order valence-corrected chi connectivity index (χ0v) is 21.8. The van der Waals surface area contributed by atoms with Gasteiger partial charge < -0.3 is 23.5 Å². The van der Waals surface area contributed by atoms with Crippen molar-refractivity contribution in [3.05, 3.63) is 59.4 Å². The second-order valence-corrected chi connectivity index (χ2v) is 9.37. The van der Waals surface area contributed by atoms with Gasteiger partial charge in [-0.2, -0.15) is 5.26 Å². The van der Waals surface area contributed by atoms with Crippen molar-refractivity contribution in [2.75, 3.05) is 34.4 Å². The molecular weight excluding hydrogens is 484 g/mol. The van der Waals surface area contributed by atoms with Crippen LogP contribution in [0.2, 0.25) is 0 Å². The largest absolute Gasteiger partial charge is 0.494 e. The minimum atomic E-state index is -0.177. The molecule has 194 valence electrons. The predicted octanol–water partition coefficient (Wildman–Crippen LogP) is 5.01. The molecule has 0 radical (unpaired) electrons. The Balaban J connectivity index is 1.55. The summed E-state index contributed by atoms with van der Waals surface area (Å²) in [6, 6.07) is 11.3. The van der Waals surface area contributed by atoms with Gasteiger partial charge in [0.1, 0.15) is 34.9 Å². The zero-order valence-electron chi connectivity index (χ0n) is 21.8. The number of aryl methyl sites for hydroxylation is 1. The topological polar surface area (TPSA) is 111 Å². The van der Waals surface area contributed by atoms with Gasteiger partial charge >= 0.3 is 0 Å². The molecule has 0 spiro atoms. The van der Waals surface area contributed by atoms with Gasteiger partial charge in [0.05, 0.1) is 31.5 Å². The molecule has 1 aliphatic heterocycles. The maximum Gasteiger partial charge on any atom is 0.255 e. The number of methoxy groups -OCH3 is 1. The highest BCUT2D eigenvalue weighted by molar-refractivity contribution is 5.96. The monoisotopic (exact) mass is 512 g/mol. The highest BCUT2D eigenvalue weighted by Crippen LogP contribution is 2.39. The first-order valence-corrected chi connectivity index (χ1v) is 12.3. The van der Waals surface area contributed by atoms with E-state index in [1.807, 2.05) is 25.1 Å². The first-order chi connectivity index (χ1) is 18.4. The summed E-state index contributed by atoms with van der Waals surface area (Å²) in [7, 11) is 4.88. The standard InChI is InChI=1S/C29H28N4O5/c1-17-15-31-22-13-25(27-24(35-4)12-20(16-32-27)29(34)33(2)3)38-28(22)26(17)18-5-6-23(19(11-18)14-30)37-21-7-9-36-10-8-21/h5-6,11-13,15-16,21H,7-10H2,1-4H3. The molecule has 0 N–H and O–H groups in total. The predicted molar refractivity (Wildman–Crippen MR) is 141 cm³/mol. The number of aromatic nitrogens is 2. The number of carbonyl (C=O) groups excluding carboxylic acids is 1. The van der Waals surface area contributed by atoms with Gasteiger partial charge in [0.15, 0.2) is 11.3 Å². The van der Waals surface area contributed by atoms with Crippen LogP contribution in [0.5, 0.6) is 11.5 Å². The molecule has 4 heterocycles. The SMILES string of the molecule is COc1cc(C(=O)N(C)C)cnc1-c1cc2ncc(C)c(-c3ccc(OC4CCOCC4)c(C#N)c3)c2o1. The van der Waals surface area contributed by atoms with Gasteiger partial charge in [-0.15, -0.1) is 0 Å². The molecule has 1 saturated heterocycles. The van der Waals surface area contributed by atoms with E-state index in [9.17, 15) is 10.1 Å². The Bertz CT molecular complexity index is 1550. The van der Waals surface area contributed by atoms with Crippen LogP contribution in [0.25, 0.3) is 33.7 Å². The Labute approximate surface area is 220 Å². The van der Waals surface area contributed by atoms with Crippen molar-refractivity contribution in [1.29, 1.82) is 5.26 Å². The lowest BCUT2D eigenvalue weighted by atomic mass is 9.99. The third-order valence-corrected chi connectivity index (χ3v) is 6.54. The summed E-state index contributed by atoms with van der Waals surface area (Å²) >= 11 is 0. The van der Waals surface area contributed by atoms with Crippen LogP contribution in [0.4, 0.5) is 0 Å². The highest BCUT2D eigenvalue weighted by atomic mass is 16.5. The van der Waals surface area contributed by atoms with E-state index in [0.29, 0.717) is 58.4 Å². The van der Waals surface area contributed by atoms with Crippen LogP contribution < -0.4 is 9.47 Å². The average Bonchev–Trinajstić information content (AvgIpc) is 3.37. The Morgan fingerprint density at radius 2 is 1.89 bits per heavy atom. The molecule has 3 aromatic heterocycles. The molecular formula is C29H28N4O5. The van der Waals surface area contributed by atoms with Gasteiger partial charge in [0.25, 0.3) is 5.91 Å². The summed E-state index contributed by atoms with van der Waals surface area (Å²) in [5.41, 5.74) is 5.07. The van der Waals surface area contributed by atoms with E-state index in [-0.39, 0.29) is 12.0 Å². The maximum atomic E-state index is 12.4. The van der Waals surface area contributed by atoms with Crippen LogP contribution in [0, 0.1) is 18.3 Å². The van der Waals surface area contributed by atoms with Crippen LogP contribution in [0.3, 0.4) is 0 Å². The van der Waals surface area contributed by atoms with Crippen LogP contribution in [-0.2, 0) is 4.74 Å². The number of hydrogen-bond acceptors (Lipinski definition) is 8. The van der Waals surface area contributed by atoms with Gasteiger partial charge in [-0.3, -0.25) is 9.78 Å². The van der Waals surface area contributed by atoms with Crippen LogP contribution >= 0.6 is 0 Å². The number of nitriles is 1. The summed E-state index contributed by atoms with van der Waals surface area (Å²) in [5.74, 6) is 1.26. The molecule has 9 heteroatoms. The zero-order chi connectivity index (χ0) is 26.8. The lowest BCUT2D eigenvalue weighted by Crippen LogP contribution is -2.26. The fourth-order valence-corrected chi connectivity index (χ4v) is 4.55. The van der Waals surface area contributed by atoms with Crippen molar-refractivity contribution in [3.63, 3.8) is 0 Å². The molecule has 1 amide bonds. The van der Waals surface area contributed by atoms with Crippen LogP contribution in [0.15, 0.2) is 47.1 Å². The van der Waals surface area contributed by atoms with Crippen molar-refractivity contribution >= 4 is 17.0 Å². The molecule has 9 nitrogen and oxygen atoms in total. The highest BCUT2D eigenvalue weighted by Gasteiger charge is 2.22. The molecule has 4 aromatic rings. The van der Waals surface area contributed by atoms with E-state index >= 15 is 0 Å². The number of benzene rings is 1. The van der Waals surface area contributed by atoms with E-state index < -0.39 is 0 Å². The second kappa shape index (κ2) is 10.5. The number of ether oxygens (including phenoxy) is 3. The molecule has 0 aliphatic carbocycles. The molecule has 0 atom stereocenters. The Morgan fingerprint density at radius 1 is 1.11 bits per heavy atom. The Hall–Kier alpha value is -4.42.